The third-order valence-electron chi connectivity index (χ3n) is 0.767. The molecule has 0 aromatic carbocycles. The van der Waals surface area contributed by atoms with Gasteiger partial charge in [0.05, 0.1) is 5.60 Å². The Morgan fingerprint density at radius 3 is 2.11 bits per heavy atom. The van der Waals surface area contributed by atoms with Gasteiger partial charge in [0.25, 0.3) is 0 Å². The van der Waals surface area contributed by atoms with Crippen LogP contribution in [0.5, 0.6) is 0 Å². The molecule has 0 radical (unpaired) electrons. The van der Waals surface area contributed by atoms with Crippen LogP contribution in [0.2, 0.25) is 0 Å². The molecule has 0 spiro atoms. The van der Waals surface area contributed by atoms with Gasteiger partial charge in [-0.05, 0) is 32.4 Å². The van der Waals surface area contributed by atoms with E-state index in [2.05, 4.69) is 0 Å². The van der Waals surface area contributed by atoms with E-state index in [-0.39, 0.29) is 0 Å². The van der Waals surface area contributed by atoms with Gasteiger partial charge in [-0.15, -0.1) is 0 Å². The molecule has 0 aromatic heterocycles. The molecule has 0 rings (SSSR count). The van der Waals surface area contributed by atoms with Gasteiger partial charge in [-0.1, -0.05) is 0 Å². The summed E-state index contributed by atoms with van der Waals surface area (Å²) < 4.78 is 0. The minimum Gasteiger partial charge on any atom is -0.386 e. The molecule has 2 heteroatoms. The zero-order valence-electron chi connectivity index (χ0n) is 6.01. The number of hydrogen-bond acceptors (Lipinski definition) is 2. The fraction of sp³-hybridized carbons (Fsp3) is 0.571. The maximum atomic E-state index is 10.0. The topological polar surface area (TPSA) is 37.3 Å². The molecule has 2 nitrogen and oxygen atoms in total. The summed E-state index contributed by atoms with van der Waals surface area (Å²) in [6.07, 6.45) is 2.23. The van der Waals surface area contributed by atoms with Crippen molar-refractivity contribution in [2.75, 3.05) is 0 Å². The zero-order chi connectivity index (χ0) is 7.49. The predicted molar refractivity (Wildman–Crippen MR) is 36.1 cm³/mol. The predicted octanol–water partition coefficient (Wildman–Crippen LogP) is 0.903. The molecule has 0 unspecified atom stereocenters. The van der Waals surface area contributed by atoms with Gasteiger partial charge >= 0.3 is 0 Å². The molecule has 0 aliphatic carbocycles. The van der Waals surface area contributed by atoms with Crippen LogP contribution in [0.3, 0.4) is 0 Å². The van der Waals surface area contributed by atoms with Crippen LogP contribution in [0.1, 0.15) is 20.8 Å². The Kier molecular flexibility index (Phi) is 2.59. The molecular formula is C7H12O2. The summed E-state index contributed by atoms with van der Waals surface area (Å²) in [5, 5.41) is 9.08. The van der Waals surface area contributed by atoms with E-state index in [0.29, 0.717) is 5.57 Å². The van der Waals surface area contributed by atoms with Crippen molar-refractivity contribution in [2.45, 2.75) is 26.4 Å². The van der Waals surface area contributed by atoms with E-state index < -0.39 is 5.60 Å². The average molecular weight is 128 g/mol. The average Bonchev–Trinajstić information content (AvgIpc) is 1.62. The minimum atomic E-state index is -0.870. The third kappa shape index (κ3) is 5.24. The molecule has 0 heterocycles. The van der Waals surface area contributed by atoms with Crippen LogP contribution in [0.25, 0.3) is 0 Å². The first kappa shape index (κ1) is 8.37. The summed E-state index contributed by atoms with van der Waals surface area (Å²) >= 11 is 0. The first-order valence-electron chi connectivity index (χ1n) is 2.83. The smallest absolute Gasteiger partial charge is 0.145 e. The van der Waals surface area contributed by atoms with E-state index in [1.165, 1.54) is 6.08 Å². The second-order valence-electron chi connectivity index (χ2n) is 2.66. The van der Waals surface area contributed by atoms with Gasteiger partial charge in [0.2, 0.25) is 0 Å². The molecule has 0 saturated carbocycles. The highest BCUT2D eigenvalue weighted by Crippen LogP contribution is 2.04. The summed E-state index contributed by atoms with van der Waals surface area (Å²) in [5.41, 5.74) is -0.312. The number of aldehydes is 1. The molecular weight excluding hydrogens is 116 g/mol. The fourth-order valence-electron chi connectivity index (χ4n) is 0.591. The number of aliphatic hydroxyl groups is 1. The lowest BCUT2D eigenvalue weighted by Crippen LogP contribution is -2.14. The standard InChI is InChI=1S/C7H12O2/c1-6(5-8)4-7(2,3)9/h4-5,9H,1-3H3/b6-4-. The van der Waals surface area contributed by atoms with E-state index in [0.717, 1.165) is 6.29 Å². The molecule has 0 bridgehead atoms. The maximum Gasteiger partial charge on any atom is 0.145 e. The first-order valence-corrected chi connectivity index (χ1v) is 2.83. The Labute approximate surface area is 55.2 Å². The Morgan fingerprint density at radius 1 is 1.56 bits per heavy atom. The summed E-state index contributed by atoms with van der Waals surface area (Å²) in [6, 6.07) is 0. The molecule has 0 saturated heterocycles. The second-order valence-corrected chi connectivity index (χ2v) is 2.66. The van der Waals surface area contributed by atoms with Crippen molar-refractivity contribution in [3.05, 3.63) is 11.6 Å². The Bertz CT molecular complexity index is 128. The molecule has 0 aromatic rings. The normalized spacial score (nSPS) is 13.6. The molecule has 0 aliphatic rings. The summed E-state index contributed by atoms with van der Waals surface area (Å²) in [7, 11) is 0. The van der Waals surface area contributed by atoms with Crippen molar-refractivity contribution < 1.29 is 9.90 Å². The molecule has 9 heavy (non-hydrogen) atoms. The minimum absolute atomic E-state index is 0.558. The largest absolute Gasteiger partial charge is 0.386 e. The summed E-state index contributed by atoms with van der Waals surface area (Å²) in [6.45, 7) is 4.91. The SMILES string of the molecule is C/C(C=O)=C/C(C)(C)O. The Morgan fingerprint density at radius 2 is 2.00 bits per heavy atom. The molecule has 0 atom stereocenters. The molecule has 0 aliphatic heterocycles. The van der Waals surface area contributed by atoms with Crippen molar-refractivity contribution in [1.29, 1.82) is 0 Å². The lowest BCUT2D eigenvalue weighted by atomic mass is 10.1. The van der Waals surface area contributed by atoms with E-state index in [4.69, 9.17) is 5.11 Å². The molecule has 1 N–H and O–H groups in total. The van der Waals surface area contributed by atoms with Crippen LogP contribution in [-0.2, 0) is 4.79 Å². The van der Waals surface area contributed by atoms with E-state index >= 15 is 0 Å². The molecule has 0 fully saturated rings. The van der Waals surface area contributed by atoms with Gasteiger partial charge in [-0.25, -0.2) is 0 Å². The summed E-state index contributed by atoms with van der Waals surface area (Å²) in [4.78, 5) is 10.0. The van der Waals surface area contributed by atoms with Crippen molar-refractivity contribution in [3.8, 4) is 0 Å². The van der Waals surface area contributed by atoms with Crippen molar-refractivity contribution in [2.24, 2.45) is 0 Å². The van der Waals surface area contributed by atoms with Crippen LogP contribution < -0.4 is 0 Å². The molecule has 0 amide bonds. The van der Waals surface area contributed by atoms with Crippen LogP contribution in [0, 0.1) is 0 Å². The van der Waals surface area contributed by atoms with Crippen LogP contribution >= 0.6 is 0 Å². The quantitative estimate of drug-likeness (QED) is 0.443. The number of allylic oxidation sites excluding steroid dienone is 1. The van der Waals surface area contributed by atoms with Crippen LogP contribution in [-0.4, -0.2) is 17.0 Å². The van der Waals surface area contributed by atoms with Gasteiger partial charge in [0, 0.05) is 0 Å². The zero-order valence-corrected chi connectivity index (χ0v) is 6.01. The third-order valence-corrected chi connectivity index (χ3v) is 0.767. The van der Waals surface area contributed by atoms with Gasteiger partial charge in [0.1, 0.15) is 6.29 Å². The van der Waals surface area contributed by atoms with Crippen LogP contribution in [0.15, 0.2) is 11.6 Å². The highest BCUT2D eigenvalue weighted by molar-refractivity contribution is 5.72. The lowest BCUT2D eigenvalue weighted by Gasteiger charge is -2.10. The fourth-order valence-corrected chi connectivity index (χ4v) is 0.591. The van der Waals surface area contributed by atoms with E-state index in [1.807, 2.05) is 0 Å². The first-order chi connectivity index (χ1) is 3.95. The number of rotatable bonds is 2. The van der Waals surface area contributed by atoms with Gasteiger partial charge < -0.3 is 5.11 Å². The number of carbonyl (C=O) groups is 1. The van der Waals surface area contributed by atoms with Gasteiger partial charge in [-0.2, -0.15) is 0 Å². The second kappa shape index (κ2) is 2.78. The van der Waals surface area contributed by atoms with Crippen molar-refractivity contribution in [1.82, 2.24) is 0 Å². The monoisotopic (exact) mass is 128 g/mol. The summed E-state index contributed by atoms with van der Waals surface area (Å²) in [5.74, 6) is 0. The van der Waals surface area contributed by atoms with E-state index in [1.54, 1.807) is 20.8 Å². The van der Waals surface area contributed by atoms with Gasteiger partial charge in [-0.3, -0.25) is 4.79 Å². The Balaban J connectivity index is 4.11. The highest BCUT2D eigenvalue weighted by Gasteiger charge is 2.06. The van der Waals surface area contributed by atoms with Crippen molar-refractivity contribution >= 4 is 6.29 Å². The van der Waals surface area contributed by atoms with Crippen LogP contribution in [0.4, 0.5) is 0 Å². The number of carbonyl (C=O) groups excluding carboxylic acids is 1. The molecule has 52 valence electrons. The van der Waals surface area contributed by atoms with Crippen molar-refractivity contribution in [3.63, 3.8) is 0 Å². The van der Waals surface area contributed by atoms with Gasteiger partial charge in [0.15, 0.2) is 0 Å². The van der Waals surface area contributed by atoms with E-state index in [9.17, 15) is 4.79 Å². The highest BCUT2D eigenvalue weighted by atomic mass is 16.3. The maximum absolute atomic E-state index is 10.0. The number of hydrogen-bond donors (Lipinski definition) is 1. The Hall–Kier alpha value is -0.630. The lowest BCUT2D eigenvalue weighted by molar-refractivity contribution is -0.105.